The van der Waals surface area contributed by atoms with E-state index in [2.05, 4.69) is 25.6 Å². The highest BCUT2D eigenvalue weighted by molar-refractivity contribution is 5.94. The van der Waals surface area contributed by atoms with E-state index in [4.69, 9.17) is 5.11 Å². The Bertz CT molecular complexity index is 916. The summed E-state index contributed by atoms with van der Waals surface area (Å²) < 4.78 is 13.3. The minimum Gasteiger partial charge on any atom is -0.478 e. The van der Waals surface area contributed by atoms with Crippen LogP contribution in [0.2, 0.25) is 0 Å². The van der Waals surface area contributed by atoms with Crippen molar-refractivity contribution in [2.24, 2.45) is 0 Å². The minimum atomic E-state index is -1.06. The van der Waals surface area contributed by atoms with E-state index in [0.29, 0.717) is 34.9 Å². The van der Waals surface area contributed by atoms with Gasteiger partial charge in [0.1, 0.15) is 23.0 Å². The third kappa shape index (κ3) is 3.22. The van der Waals surface area contributed by atoms with Gasteiger partial charge >= 0.3 is 5.97 Å². The first kappa shape index (κ1) is 15.6. The Balaban J connectivity index is 1.92. The monoisotopic (exact) mass is 327 g/mol. The number of halogens is 1. The fourth-order valence-electron chi connectivity index (χ4n) is 2.21. The van der Waals surface area contributed by atoms with Crippen LogP contribution in [0, 0.1) is 5.82 Å². The van der Waals surface area contributed by atoms with E-state index in [-0.39, 0.29) is 5.56 Å². The maximum absolute atomic E-state index is 13.3. The van der Waals surface area contributed by atoms with Crippen LogP contribution < -0.4 is 10.6 Å². The van der Waals surface area contributed by atoms with Gasteiger partial charge in [-0.2, -0.15) is 0 Å². The van der Waals surface area contributed by atoms with Gasteiger partial charge in [-0.3, -0.25) is 4.98 Å². The van der Waals surface area contributed by atoms with Crippen molar-refractivity contribution in [2.75, 3.05) is 17.2 Å². The van der Waals surface area contributed by atoms with Gasteiger partial charge < -0.3 is 15.7 Å². The summed E-state index contributed by atoms with van der Waals surface area (Å²) in [5.41, 5.74) is 1.52. The Morgan fingerprint density at radius 3 is 2.75 bits per heavy atom. The molecule has 0 amide bonds. The molecule has 7 nitrogen and oxygen atoms in total. The molecule has 0 unspecified atom stereocenters. The second-order valence-electron chi connectivity index (χ2n) is 4.96. The topological polar surface area (TPSA) is 100 Å². The summed E-state index contributed by atoms with van der Waals surface area (Å²) in [7, 11) is 0. The maximum Gasteiger partial charge on any atom is 0.339 e. The minimum absolute atomic E-state index is 0.0835. The van der Waals surface area contributed by atoms with Gasteiger partial charge in [0.2, 0.25) is 0 Å². The Hall–Kier alpha value is -3.29. The van der Waals surface area contributed by atoms with Gasteiger partial charge in [0, 0.05) is 24.9 Å². The number of hydrogen-bond acceptors (Lipinski definition) is 6. The highest BCUT2D eigenvalue weighted by Gasteiger charge is 2.12. The molecule has 0 aliphatic heterocycles. The molecule has 0 fully saturated rings. The molecular formula is C16H14FN5O2. The lowest BCUT2D eigenvalue weighted by atomic mass is 10.2. The zero-order chi connectivity index (χ0) is 17.1. The fourth-order valence-corrected chi connectivity index (χ4v) is 2.21. The highest BCUT2D eigenvalue weighted by Crippen LogP contribution is 2.22. The number of carbonyl (C=O) groups is 1. The van der Waals surface area contributed by atoms with Crippen molar-refractivity contribution in [3.63, 3.8) is 0 Å². The summed E-state index contributed by atoms with van der Waals surface area (Å²) in [6.07, 6.45) is 2.40. The maximum atomic E-state index is 13.3. The van der Waals surface area contributed by atoms with E-state index in [9.17, 15) is 9.18 Å². The summed E-state index contributed by atoms with van der Waals surface area (Å²) >= 11 is 0. The van der Waals surface area contributed by atoms with Gasteiger partial charge in [-0.1, -0.05) is 0 Å². The number of nitrogens with zero attached hydrogens (tertiary/aromatic N) is 3. The number of rotatable bonds is 5. The predicted molar refractivity (Wildman–Crippen MR) is 88.1 cm³/mol. The van der Waals surface area contributed by atoms with Gasteiger partial charge in [-0.05, 0) is 19.1 Å². The number of aromatic nitrogens is 3. The van der Waals surface area contributed by atoms with Gasteiger partial charge in [0.05, 0.1) is 22.9 Å². The van der Waals surface area contributed by atoms with Crippen molar-refractivity contribution in [1.29, 1.82) is 0 Å². The molecule has 8 heteroatoms. The number of aromatic carboxylic acids is 1. The second-order valence-corrected chi connectivity index (χ2v) is 4.96. The van der Waals surface area contributed by atoms with Crippen LogP contribution in [0.15, 0.2) is 36.7 Å². The Morgan fingerprint density at radius 1 is 1.17 bits per heavy atom. The zero-order valence-corrected chi connectivity index (χ0v) is 12.7. The molecule has 0 spiro atoms. The number of anilines is 3. The van der Waals surface area contributed by atoms with Crippen LogP contribution in [-0.4, -0.2) is 32.6 Å². The normalized spacial score (nSPS) is 10.6. The molecule has 3 aromatic rings. The van der Waals surface area contributed by atoms with Crippen molar-refractivity contribution in [3.05, 3.63) is 48.0 Å². The molecule has 0 aromatic carbocycles. The summed E-state index contributed by atoms with van der Waals surface area (Å²) in [5.74, 6) is -0.652. The number of carboxylic acids is 1. The second kappa shape index (κ2) is 6.45. The van der Waals surface area contributed by atoms with E-state index in [1.165, 1.54) is 12.3 Å². The molecule has 122 valence electrons. The van der Waals surface area contributed by atoms with Crippen LogP contribution in [0.1, 0.15) is 17.3 Å². The van der Waals surface area contributed by atoms with Crippen molar-refractivity contribution in [2.45, 2.75) is 6.92 Å². The van der Waals surface area contributed by atoms with Crippen molar-refractivity contribution < 1.29 is 14.3 Å². The summed E-state index contributed by atoms with van der Waals surface area (Å²) in [6.45, 7) is 2.44. The molecule has 3 N–H and O–H groups in total. The molecule has 24 heavy (non-hydrogen) atoms. The quantitative estimate of drug-likeness (QED) is 0.662. The standard InChI is InChI=1S/C16H14FN5O2/c1-2-18-12-6-15(20-8-10(12)16(23)24)22-14-4-3-11-13(21-14)5-9(17)7-19-11/h3-8H,2H2,1H3,(H,23,24)(H2,18,20,21,22). The van der Waals surface area contributed by atoms with E-state index in [1.807, 2.05) is 6.92 Å². The molecule has 0 saturated carbocycles. The van der Waals surface area contributed by atoms with Gasteiger partial charge in [0.25, 0.3) is 0 Å². The highest BCUT2D eigenvalue weighted by atomic mass is 19.1. The van der Waals surface area contributed by atoms with Gasteiger partial charge in [-0.25, -0.2) is 19.2 Å². The van der Waals surface area contributed by atoms with Crippen molar-refractivity contribution in [3.8, 4) is 0 Å². The van der Waals surface area contributed by atoms with Crippen LogP contribution in [0.3, 0.4) is 0 Å². The number of hydrogen-bond donors (Lipinski definition) is 3. The van der Waals surface area contributed by atoms with E-state index >= 15 is 0 Å². The zero-order valence-electron chi connectivity index (χ0n) is 12.7. The number of pyridine rings is 3. The fraction of sp³-hybridized carbons (Fsp3) is 0.125. The molecule has 0 aliphatic carbocycles. The average molecular weight is 327 g/mol. The number of fused-ring (bicyclic) bond motifs is 1. The number of carboxylic acid groups (broad SMARTS) is 1. The molecule has 3 aromatic heterocycles. The first-order valence-electron chi connectivity index (χ1n) is 7.23. The molecule has 3 heterocycles. The van der Waals surface area contributed by atoms with Crippen molar-refractivity contribution >= 4 is 34.3 Å². The predicted octanol–water partition coefficient (Wildman–Crippen LogP) is 3.04. The molecular weight excluding hydrogens is 313 g/mol. The van der Waals surface area contributed by atoms with E-state index < -0.39 is 11.8 Å². The molecule has 0 aliphatic rings. The summed E-state index contributed by atoms with van der Waals surface area (Å²) in [5, 5.41) is 15.1. The Labute approximate surface area is 136 Å². The molecule has 3 rings (SSSR count). The molecule has 0 bridgehead atoms. The third-order valence-electron chi connectivity index (χ3n) is 3.26. The van der Waals surface area contributed by atoms with Crippen LogP contribution in [0.5, 0.6) is 0 Å². The SMILES string of the molecule is CCNc1cc(Nc2ccc3ncc(F)cc3n2)ncc1C(=O)O. The Kier molecular flexibility index (Phi) is 4.19. The average Bonchev–Trinajstić information content (AvgIpc) is 2.54. The van der Waals surface area contributed by atoms with Crippen LogP contribution in [-0.2, 0) is 0 Å². The lowest BCUT2D eigenvalue weighted by Gasteiger charge is -2.11. The lowest BCUT2D eigenvalue weighted by Crippen LogP contribution is -2.08. The molecule has 0 saturated heterocycles. The summed E-state index contributed by atoms with van der Waals surface area (Å²) in [4.78, 5) is 23.5. The van der Waals surface area contributed by atoms with Gasteiger partial charge in [-0.15, -0.1) is 0 Å². The largest absolute Gasteiger partial charge is 0.478 e. The van der Waals surface area contributed by atoms with Crippen molar-refractivity contribution in [1.82, 2.24) is 15.0 Å². The number of nitrogens with one attached hydrogen (secondary N) is 2. The van der Waals surface area contributed by atoms with E-state index in [1.54, 1.807) is 18.2 Å². The van der Waals surface area contributed by atoms with Crippen LogP contribution in [0.25, 0.3) is 11.0 Å². The molecule has 0 atom stereocenters. The Morgan fingerprint density at radius 2 is 2.00 bits per heavy atom. The first-order valence-corrected chi connectivity index (χ1v) is 7.23. The molecule has 0 radical (unpaired) electrons. The lowest BCUT2D eigenvalue weighted by molar-refractivity contribution is 0.0697. The van der Waals surface area contributed by atoms with Crippen LogP contribution >= 0.6 is 0 Å². The summed E-state index contributed by atoms with van der Waals surface area (Å²) in [6, 6.07) is 6.27. The van der Waals surface area contributed by atoms with Crippen LogP contribution in [0.4, 0.5) is 21.7 Å². The van der Waals surface area contributed by atoms with Gasteiger partial charge in [0.15, 0.2) is 0 Å². The first-order chi connectivity index (χ1) is 11.6. The van der Waals surface area contributed by atoms with E-state index in [0.717, 1.165) is 6.20 Å². The smallest absolute Gasteiger partial charge is 0.339 e. The third-order valence-corrected chi connectivity index (χ3v) is 3.26.